The summed E-state index contributed by atoms with van der Waals surface area (Å²) in [5.41, 5.74) is 8.03. The molecule has 2 aromatic rings. The summed E-state index contributed by atoms with van der Waals surface area (Å²) in [5.74, 6) is 0.578. The number of rotatable bonds is 5. The zero-order chi connectivity index (χ0) is 14.7. The van der Waals surface area contributed by atoms with Gasteiger partial charge in [0.1, 0.15) is 10.8 Å². The van der Waals surface area contributed by atoms with Crippen LogP contribution in [0.3, 0.4) is 0 Å². The number of aromatic nitrogens is 2. The molecule has 0 radical (unpaired) electrons. The molecule has 1 aliphatic rings. The third-order valence-corrected chi connectivity index (χ3v) is 4.89. The van der Waals surface area contributed by atoms with E-state index < -0.39 is 0 Å². The third-order valence-electron chi connectivity index (χ3n) is 4.07. The van der Waals surface area contributed by atoms with Crippen LogP contribution in [-0.2, 0) is 0 Å². The Balaban J connectivity index is 1.75. The Bertz CT molecular complexity index is 583. The van der Waals surface area contributed by atoms with Crippen molar-refractivity contribution < 1.29 is 0 Å². The van der Waals surface area contributed by atoms with Gasteiger partial charge in [0, 0.05) is 30.5 Å². The topological polar surface area (TPSA) is 67.1 Å². The molecule has 1 fully saturated rings. The molecule has 0 aliphatic carbocycles. The average molecular weight is 303 g/mol. The highest BCUT2D eigenvalue weighted by molar-refractivity contribution is 7.11. The lowest BCUT2D eigenvalue weighted by Gasteiger charge is -2.23. The molecule has 21 heavy (non-hydrogen) atoms. The molecule has 0 amide bonds. The average Bonchev–Trinajstić information content (AvgIpc) is 3.12. The highest BCUT2D eigenvalue weighted by Crippen LogP contribution is 2.36. The number of anilines is 2. The first-order chi connectivity index (χ1) is 10.3. The molecule has 2 aromatic heterocycles. The molecule has 1 aliphatic heterocycles. The minimum atomic E-state index is 0.578. The summed E-state index contributed by atoms with van der Waals surface area (Å²) in [6, 6.07) is 4.55. The lowest BCUT2D eigenvalue weighted by Crippen LogP contribution is -2.34. The Morgan fingerprint density at radius 1 is 1.52 bits per heavy atom. The first kappa shape index (κ1) is 14.3. The predicted molar refractivity (Wildman–Crippen MR) is 88.5 cm³/mol. The van der Waals surface area contributed by atoms with Crippen LogP contribution in [0.5, 0.6) is 0 Å². The van der Waals surface area contributed by atoms with Crippen molar-refractivity contribution in [2.24, 2.45) is 0 Å². The van der Waals surface area contributed by atoms with E-state index in [1.807, 2.05) is 18.3 Å². The van der Waals surface area contributed by atoms with E-state index in [1.165, 1.54) is 30.9 Å². The van der Waals surface area contributed by atoms with Crippen LogP contribution in [0.4, 0.5) is 10.8 Å². The van der Waals surface area contributed by atoms with Crippen molar-refractivity contribution in [1.82, 2.24) is 14.3 Å². The molecule has 0 aromatic carbocycles. The van der Waals surface area contributed by atoms with Crippen molar-refractivity contribution in [3.8, 4) is 11.1 Å². The summed E-state index contributed by atoms with van der Waals surface area (Å²) in [6.07, 6.45) is 6.15. The second-order valence-electron chi connectivity index (χ2n) is 5.32. The number of nitrogen functional groups attached to an aromatic ring is 1. The fraction of sp³-hybridized carbons (Fsp3) is 0.467. The van der Waals surface area contributed by atoms with Crippen molar-refractivity contribution in [1.29, 1.82) is 0 Å². The lowest BCUT2D eigenvalue weighted by molar-refractivity contribution is 0.277. The van der Waals surface area contributed by atoms with Crippen LogP contribution in [0, 0.1) is 0 Å². The van der Waals surface area contributed by atoms with Gasteiger partial charge in [0.25, 0.3) is 0 Å². The van der Waals surface area contributed by atoms with Gasteiger partial charge in [-0.2, -0.15) is 4.37 Å². The van der Waals surface area contributed by atoms with Gasteiger partial charge in [-0.15, -0.1) is 0 Å². The number of likely N-dealkylation sites (tertiary alicyclic amines) is 1. The lowest BCUT2D eigenvalue weighted by atomic mass is 10.1. The molecule has 6 heteroatoms. The molecular weight excluding hydrogens is 282 g/mol. The van der Waals surface area contributed by atoms with Gasteiger partial charge in [-0.1, -0.05) is 13.0 Å². The van der Waals surface area contributed by atoms with E-state index in [1.54, 1.807) is 6.20 Å². The minimum absolute atomic E-state index is 0.578. The maximum atomic E-state index is 6.03. The van der Waals surface area contributed by atoms with Crippen molar-refractivity contribution >= 4 is 22.4 Å². The quantitative estimate of drug-likeness (QED) is 0.889. The monoisotopic (exact) mass is 303 g/mol. The SMILES string of the molecule is CCN1CCCC1CNc1snc(N)c1-c1cccnc1. The minimum Gasteiger partial charge on any atom is -0.382 e. The van der Waals surface area contributed by atoms with Gasteiger partial charge in [-0.05, 0) is 43.5 Å². The first-order valence-electron chi connectivity index (χ1n) is 7.43. The van der Waals surface area contributed by atoms with Gasteiger partial charge in [0.15, 0.2) is 0 Å². The molecule has 1 saturated heterocycles. The van der Waals surface area contributed by atoms with Crippen LogP contribution in [0.1, 0.15) is 19.8 Å². The molecule has 1 unspecified atom stereocenters. The van der Waals surface area contributed by atoms with E-state index in [-0.39, 0.29) is 0 Å². The largest absolute Gasteiger partial charge is 0.382 e. The Hall–Kier alpha value is -1.66. The summed E-state index contributed by atoms with van der Waals surface area (Å²) in [4.78, 5) is 6.70. The standard InChI is InChI=1S/C15H21N5S/c1-2-20-8-4-6-12(20)10-18-15-13(14(16)19-21-15)11-5-3-7-17-9-11/h3,5,7,9,12,18H,2,4,6,8,10H2,1H3,(H2,16,19). The van der Waals surface area contributed by atoms with Crippen LogP contribution in [0.25, 0.3) is 11.1 Å². The summed E-state index contributed by atoms with van der Waals surface area (Å²) in [7, 11) is 0. The first-order valence-corrected chi connectivity index (χ1v) is 8.20. The number of hydrogen-bond donors (Lipinski definition) is 2. The number of nitrogens with two attached hydrogens (primary N) is 1. The van der Waals surface area contributed by atoms with Crippen molar-refractivity contribution in [2.75, 3.05) is 30.7 Å². The maximum Gasteiger partial charge on any atom is 0.147 e. The van der Waals surface area contributed by atoms with Crippen molar-refractivity contribution in [3.05, 3.63) is 24.5 Å². The zero-order valence-corrected chi connectivity index (χ0v) is 13.1. The zero-order valence-electron chi connectivity index (χ0n) is 12.2. The Labute approximate surface area is 129 Å². The van der Waals surface area contributed by atoms with Crippen molar-refractivity contribution in [2.45, 2.75) is 25.8 Å². The maximum absolute atomic E-state index is 6.03. The van der Waals surface area contributed by atoms with Crippen LogP contribution < -0.4 is 11.1 Å². The molecule has 3 rings (SSSR count). The van der Waals surface area contributed by atoms with E-state index in [4.69, 9.17) is 5.73 Å². The molecule has 1 atom stereocenters. The number of hydrogen-bond acceptors (Lipinski definition) is 6. The van der Waals surface area contributed by atoms with E-state index in [9.17, 15) is 0 Å². The molecule has 0 bridgehead atoms. The van der Waals surface area contributed by atoms with E-state index in [0.29, 0.717) is 11.9 Å². The fourth-order valence-electron chi connectivity index (χ4n) is 2.97. The van der Waals surface area contributed by atoms with Gasteiger partial charge >= 0.3 is 0 Å². The van der Waals surface area contributed by atoms with Crippen LogP contribution in [-0.4, -0.2) is 39.9 Å². The van der Waals surface area contributed by atoms with Gasteiger partial charge in [0.2, 0.25) is 0 Å². The van der Waals surface area contributed by atoms with Crippen LogP contribution in [0.2, 0.25) is 0 Å². The number of likely N-dealkylation sites (N-methyl/N-ethyl adjacent to an activating group) is 1. The number of nitrogens with zero attached hydrogens (tertiary/aromatic N) is 3. The fourth-order valence-corrected chi connectivity index (χ4v) is 3.71. The van der Waals surface area contributed by atoms with E-state index in [0.717, 1.165) is 29.2 Å². The van der Waals surface area contributed by atoms with Crippen LogP contribution in [0.15, 0.2) is 24.5 Å². The second kappa shape index (κ2) is 6.41. The molecular formula is C15H21N5S. The number of pyridine rings is 1. The highest BCUT2D eigenvalue weighted by Gasteiger charge is 2.23. The summed E-state index contributed by atoms with van der Waals surface area (Å²) >= 11 is 1.43. The second-order valence-corrected chi connectivity index (χ2v) is 6.09. The van der Waals surface area contributed by atoms with Gasteiger partial charge in [0.05, 0.1) is 5.56 Å². The molecule has 0 saturated carbocycles. The molecule has 112 valence electrons. The van der Waals surface area contributed by atoms with Crippen molar-refractivity contribution in [3.63, 3.8) is 0 Å². The van der Waals surface area contributed by atoms with Gasteiger partial charge < -0.3 is 11.1 Å². The Kier molecular flexibility index (Phi) is 4.36. The molecule has 3 heterocycles. The van der Waals surface area contributed by atoms with E-state index >= 15 is 0 Å². The summed E-state index contributed by atoms with van der Waals surface area (Å²) in [6.45, 7) is 5.50. The third kappa shape index (κ3) is 3.01. The molecule has 3 N–H and O–H groups in total. The van der Waals surface area contributed by atoms with Crippen LogP contribution >= 0.6 is 11.5 Å². The summed E-state index contributed by atoms with van der Waals surface area (Å²) in [5, 5.41) is 4.59. The summed E-state index contributed by atoms with van der Waals surface area (Å²) < 4.78 is 4.29. The highest BCUT2D eigenvalue weighted by atomic mass is 32.1. The molecule has 5 nitrogen and oxygen atoms in total. The predicted octanol–water partition coefficient (Wildman–Crippen LogP) is 2.68. The Morgan fingerprint density at radius 2 is 2.43 bits per heavy atom. The Morgan fingerprint density at radius 3 is 3.19 bits per heavy atom. The van der Waals surface area contributed by atoms with Gasteiger partial charge in [-0.3, -0.25) is 9.88 Å². The van der Waals surface area contributed by atoms with E-state index in [2.05, 4.69) is 26.5 Å². The smallest absolute Gasteiger partial charge is 0.147 e. The normalized spacial score (nSPS) is 19.0. The van der Waals surface area contributed by atoms with Gasteiger partial charge in [-0.25, -0.2) is 0 Å². The molecule has 0 spiro atoms. The number of nitrogens with one attached hydrogen (secondary N) is 1.